The van der Waals surface area contributed by atoms with Crippen LogP contribution in [-0.2, 0) is 6.42 Å². The molecule has 0 saturated heterocycles. The van der Waals surface area contributed by atoms with E-state index in [0.717, 1.165) is 35.0 Å². The number of hydrogen-bond acceptors (Lipinski definition) is 3. The Hall–Kier alpha value is -0.380. The number of hydrogen-bond donors (Lipinski definition) is 1. The molecule has 2 nitrogen and oxygen atoms in total. The minimum absolute atomic E-state index is 0.146. The summed E-state index contributed by atoms with van der Waals surface area (Å²) in [5, 5.41) is 0.816. The van der Waals surface area contributed by atoms with E-state index in [4.69, 9.17) is 17.3 Å². The van der Waals surface area contributed by atoms with Crippen molar-refractivity contribution in [2.24, 2.45) is 5.73 Å². The monoisotopic (exact) mass is 272 g/mol. The summed E-state index contributed by atoms with van der Waals surface area (Å²) >= 11 is 8.11. The SMILES string of the molecule is CSCCN(C)c1ccc(CC(C)N)c(Cl)c1. The number of benzene rings is 1. The first-order valence-corrected chi connectivity index (χ1v) is 7.56. The van der Waals surface area contributed by atoms with Gasteiger partial charge in [-0.15, -0.1) is 0 Å². The lowest BCUT2D eigenvalue weighted by Crippen LogP contribution is -2.21. The fourth-order valence-corrected chi connectivity index (χ4v) is 2.35. The molecule has 4 heteroatoms. The van der Waals surface area contributed by atoms with E-state index in [1.54, 1.807) is 0 Å². The van der Waals surface area contributed by atoms with Crippen molar-refractivity contribution in [3.63, 3.8) is 0 Å². The molecule has 0 heterocycles. The Balaban J connectivity index is 2.73. The molecule has 1 aromatic carbocycles. The Kier molecular flexibility index (Phi) is 6.17. The van der Waals surface area contributed by atoms with Crippen LogP contribution in [0.4, 0.5) is 5.69 Å². The topological polar surface area (TPSA) is 29.3 Å². The molecule has 0 saturated carbocycles. The highest BCUT2D eigenvalue weighted by Crippen LogP contribution is 2.24. The third-order valence-electron chi connectivity index (χ3n) is 2.65. The molecule has 0 bridgehead atoms. The zero-order valence-electron chi connectivity index (χ0n) is 10.7. The zero-order valence-corrected chi connectivity index (χ0v) is 12.3. The van der Waals surface area contributed by atoms with Crippen LogP contribution in [0.3, 0.4) is 0 Å². The van der Waals surface area contributed by atoms with Crippen molar-refractivity contribution in [1.82, 2.24) is 0 Å². The normalized spacial score (nSPS) is 12.5. The summed E-state index contributed by atoms with van der Waals surface area (Å²) in [5.41, 5.74) is 8.08. The molecule has 0 radical (unpaired) electrons. The summed E-state index contributed by atoms with van der Waals surface area (Å²) in [6.45, 7) is 3.03. The molecule has 1 rings (SSSR count). The predicted molar refractivity (Wildman–Crippen MR) is 80.5 cm³/mol. The van der Waals surface area contributed by atoms with Crippen molar-refractivity contribution >= 4 is 29.1 Å². The number of nitrogens with two attached hydrogens (primary N) is 1. The second-order valence-corrected chi connectivity index (χ2v) is 5.76. The van der Waals surface area contributed by atoms with E-state index in [1.165, 1.54) is 0 Å². The van der Waals surface area contributed by atoms with Gasteiger partial charge < -0.3 is 10.6 Å². The van der Waals surface area contributed by atoms with Crippen molar-refractivity contribution in [2.45, 2.75) is 19.4 Å². The van der Waals surface area contributed by atoms with Gasteiger partial charge in [-0.05, 0) is 37.3 Å². The molecular formula is C13H21ClN2S. The quantitative estimate of drug-likeness (QED) is 0.863. The maximum absolute atomic E-state index is 6.26. The molecule has 0 amide bonds. The van der Waals surface area contributed by atoms with Gasteiger partial charge in [0.05, 0.1) is 0 Å². The zero-order chi connectivity index (χ0) is 12.8. The van der Waals surface area contributed by atoms with Crippen molar-refractivity contribution < 1.29 is 0 Å². The summed E-state index contributed by atoms with van der Waals surface area (Å²) in [4.78, 5) is 2.22. The minimum Gasteiger partial charge on any atom is -0.374 e. The van der Waals surface area contributed by atoms with Gasteiger partial charge >= 0.3 is 0 Å². The van der Waals surface area contributed by atoms with Crippen LogP contribution in [0.25, 0.3) is 0 Å². The second-order valence-electron chi connectivity index (χ2n) is 4.37. The molecule has 0 aliphatic heterocycles. The molecule has 0 aromatic heterocycles. The summed E-state index contributed by atoms with van der Waals surface area (Å²) in [7, 11) is 2.09. The fourth-order valence-electron chi connectivity index (χ4n) is 1.64. The van der Waals surface area contributed by atoms with Crippen LogP contribution in [0.2, 0.25) is 5.02 Å². The highest BCUT2D eigenvalue weighted by atomic mass is 35.5. The van der Waals surface area contributed by atoms with Gasteiger partial charge in [0.15, 0.2) is 0 Å². The molecule has 0 fully saturated rings. The van der Waals surface area contributed by atoms with Crippen molar-refractivity contribution in [3.05, 3.63) is 28.8 Å². The maximum atomic E-state index is 6.26. The van der Waals surface area contributed by atoms with Gasteiger partial charge in [-0.25, -0.2) is 0 Å². The molecule has 2 N–H and O–H groups in total. The van der Waals surface area contributed by atoms with Crippen LogP contribution < -0.4 is 10.6 Å². The number of thioether (sulfide) groups is 1. The van der Waals surface area contributed by atoms with Gasteiger partial charge in [-0.1, -0.05) is 17.7 Å². The molecule has 0 spiro atoms. The van der Waals surface area contributed by atoms with Crippen LogP contribution in [0, 0.1) is 0 Å². The molecule has 17 heavy (non-hydrogen) atoms. The lowest BCUT2D eigenvalue weighted by atomic mass is 10.1. The number of anilines is 1. The van der Waals surface area contributed by atoms with E-state index >= 15 is 0 Å². The highest BCUT2D eigenvalue weighted by molar-refractivity contribution is 7.98. The largest absolute Gasteiger partial charge is 0.374 e. The summed E-state index contributed by atoms with van der Waals surface area (Å²) < 4.78 is 0. The van der Waals surface area contributed by atoms with Crippen LogP contribution in [0.5, 0.6) is 0 Å². The van der Waals surface area contributed by atoms with Crippen molar-refractivity contribution in [1.29, 1.82) is 0 Å². The van der Waals surface area contributed by atoms with Crippen molar-refractivity contribution in [3.8, 4) is 0 Å². The van der Waals surface area contributed by atoms with E-state index in [-0.39, 0.29) is 6.04 Å². The van der Waals surface area contributed by atoms with Gasteiger partial charge in [-0.2, -0.15) is 11.8 Å². The van der Waals surface area contributed by atoms with E-state index in [2.05, 4.69) is 30.3 Å². The molecule has 0 aliphatic carbocycles. The number of halogens is 1. The maximum Gasteiger partial charge on any atom is 0.0459 e. The van der Waals surface area contributed by atoms with E-state index in [0.29, 0.717) is 0 Å². The molecule has 1 atom stereocenters. The lowest BCUT2D eigenvalue weighted by Gasteiger charge is -2.20. The minimum atomic E-state index is 0.146. The Morgan fingerprint density at radius 2 is 2.18 bits per heavy atom. The average molecular weight is 273 g/mol. The first-order valence-electron chi connectivity index (χ1n) is 5.78. The third kappa shape index (κ3) is 4.78. The predicted octanol–water partition coefficient (Wildman–Crippen LogP) is 3.03. The molecule has 0 aliphatic rings. The molecule has 1 unspecified atom stereocenters. The van der Waals surface area contributed by atoms with Gasteiger partial charge in [0, 0.05) is 36.1 Å². The first-order chi connectivity index (χ1) is 8.04. The summed E-state index contributed by atoms with van der Waals surface area (Å²) in [6.07, 6.45) is 2.94. The van der Waals surface area contributed by atoms with Crippen molar-refractivity contribution in [2.75, 3.05) is 30.5 Å². The van der Waals surface area contributed by atoms with E-state index in [9.17, 15) is 0 Å². The van der Waals surface area contributed by atoms with Crippen LogP contribution in [-0.4, -0.2) is 31.6 Å². The van der Waals surface area contributed by atoms with Gasteiger partial charge in [-0.3, -0.25) is 0 Å². The molecule has 1 aromatic rings. The lowest BCUT2D eigenvalue weighted by molar-refractivity contribution is 0.738. The fraction of sp³-hybridized carbons (Fsp3) is 0.538. The van der Waals surface area contributed by atoms with Crippen LogP contribution in [0.15, 0.2) is 18.2 Å². The Morgan fingerprint density at radius 3 is 2.71 bits per heavy atom. The van der Waals surface area contributed by atoms with Gasteiger partial charge in [0.1, 0.15) is 0 Å². The Morgan fingerprint density at radius 1 is 1.47 bits per heavy atom. The number of nitrogens with zero attached hydrogens (tertiary/aromatic N) is 1. The third-order valence-corrected chi connectivity index (χ3v) is 3.59. The number of rotatable bonds is 6. The summed E-state index contributed by atoms with van der Waals surface area (Å²) in [6, 6.07) is 6.37. The molecular weight excluding hydrogens is 252 g/mol. The van der Waals surface area contributed by atoms with Crippen LogP contribution in [0.1, 0.15) is 12.5 Å². The first kappa shape index (κ1) is 14.7. The van der Waals surface area contributed by atoms with E-state index in [1.807, 2.05) is 24.8 Å². The molecule has 96 valence electrons. The smallest absolute Gasteiger partial charge is 0.0459 e. The van der Waals surface area contributed by atoms with Gasteiger partial charge in [0.2, 0.25) is 0 Å². The average Bonchev–Trinajstić information content (AvgIpc) is 2.28. The Bertz CT molecular complexity index is 355. The summed E-state index contributed by atoms with van der Waals surface area (Å²) in [5.74, 6) is 1.12. The standard InChI is InChI=1S/C13H21ClN2S/c1-10(15)8-11-4-5-12(9-13(11)14)16(2)6-7-17-3/h4-5,9-10H,6-8,15H2,1-3H3. The van der Waals surface area contributed by atoms with Crippen LogP contribution >= 0.6 is 23.4 Å². The Labute approximate surface area is 114 Å². The second kappa shape index (κ2) is 7.14. The highest BCUT2D eigenvalue weighted by Gasteiger charge is 2.06. The van der Waals surface area contributed by atoms with E-state index < -0.39 is 0 Å². The van der Waals surface area contributed by atoms with Gasteiger partial charge in [0.25, 0.3) is 0 Å².